The topological polar surface area (TPSA) is 168 Å². The number of nitrogens with one attached hydrogen (secondary N) is 1. The van der Waals surface area contributed by atoms with Gasteiger partial charge in [0.2, 0.25) is 5.72 Å². The number of H-pyrrole nitrogens is 1. The lowest BCUT2D eigenvalue weighted by molar-refractivity contribution is -0.428. The summed E-state index contributed by atoms with van der Waals surface area (Å²) in [5.41, 5.74) is -5.69. The average Bonchev–Trinajstić information content (AvgIpc) is 2.92. The Balaban J connectivity index is 2.52. The van der Waals surface area contributed by atoms with Crippen molar-refractivity contribution in [1.29, 1.82) is 0 Å². The highest BCUT2D eigenvalue weighted by Crippen LogP contribution is 2.44. The fourth-order valence-electron chi connectivity index (χ4n) is 3.40. The number of aliphatic hydroxyl groups excluding tert-OH is 2. The lowest BCUT2D eigenvalue weighted by atomic mass is 10.00. The third-order valence-electron chi connectivity index (χ3n) is 5.17. The van der Waals surface area contributed by atoms with E-state index in [1.807, 2.05) is 11.9 Å². The minimum atomic E-state index is -3.31. The largest absolute Gasteiger partial charge is 0.394 e. The zero-order valence-electron chi connectivity index (χ0n) is 16.6. The molecule has 0 amide bonds. The number of ether oxygens (including phenoxy) is 1. The first-order valence-corrected chi connectivity index (χ1v) is 9.61. The first-order valence-electron chi connectivity index (χ1n) is 9.61. The van der Waals surface area contributed by atoms with E-state index in [4.69, 9.17) is 4.74 Å². The lowest BCUT2D eigenvalue weighted by Gasteiger charge is -2.43. The van der Waals surface area contributed by atoms with E-state index in [0.29, 0.717) is 12.8 Å². The first kappa shape index (κ1) is 24.3. The molecular formula is C18H28FN3O8. The van der Waals surface area contributed by atoms with Gasteiger partial charge in [0.25, 0.3) is 5.56 Å². The van der Waals surface area contributed by atoms with Crippen molar-refractivity contribution in [2.24, 2.45) is 0 Å². The SMILES string of the molecule is C=Cc1cn([C@]2(O)O[C@H](CO)[C@@H](O)[C@]2(O)N(O)C(F)CCCCCC)c(=O)[nH]c1=O. The third-order valence-corrected chi connectivity index (χ3v) is 5.17. The molecule has 6 N–H and O–H groups in total. The number of hydrogen-bond donors (Lipinski definition) is 6. The van der Waals surface area contributed by atoms with Gasteiger partial charge in [-0.3, -0.25) is 9.78 Å². The molecule has 0 radical (unpaired) electrons. The Labute approximate surface area is 171 Å². The van der Waals surface area contributed by atoms with E-state index < -0.39 is 48.0 Å². The van der Waals surface area contributed by atoms with Gasteiger partial charge in [-0.2, -0.15) is 0 Å². The molecule has 11 nitrogen and oxygen atoms in total. The normalized spacial score (nSPS) is 30.0. The van der Waals surface area contributed by atoms with Gasteiger partial charge in [-0.1, -0.05) is 38.8 Å². The van der Waals surface area contributed by atoms with E-state index in [1.54, 1.807) is 0 Å². The van der Waals surface area contributed by atoms with Gasteiger partial charge in [-0.05, 0) is 12.8 Å². The van der Waals surface area contributed by atoms with Crippen LogP contribution in [0.1, 0.15) is 44.6 Å². The number of aliphatic hydroxyl groups is 4. The second kappa shape index (κ2) is 9.47. The summed E-state index contributed by atoms with van der Waals surface area (Å²) in [6.45, 7) is 4.39. The predicted molar refractivity (Wildman–Crippen MR) is 102 cm³/mol. The van der Waals surface area contributed by atoms with E-state index in [-0.39, 0.29) is 21.6 Å². The number of hydroxylamine groups is 2. The van der Waals surface area contributed by atoms with Crippen LogP contribution in [0.4, 0.5) is 4.39 Å². The Kier molecular flexibility index (Phi) is 7.69. The highest BCUT2D eigenvalue weighted by molar-refractivity contribution is 5.43. The van der Waals surface area contributed by atoms with Crippen LogP contribution in [0.15, 0.2) is 22.4 Å². The number of nitrogens with zero attached hydrogens (tertiary/aromatic N) is 2. The molecule has 1 aromatic rings. The third kappa shape index (κ3) is 3.99. The van der Waals surface area contributed by atoms with Crippen LogP contribution in [0.3, 0.4) is 0 Å². The molecule has 0 bridgehead atoms. The molecule has 0 saturated carbocycles. The first-order chi connectivity index (χ1) is 14.1. The molecule has 0 spiro atoms. The molecular weight excluding hydrogens is 405 g/mol. The Morgan fingerprint density at radius 1 is 1.40 bits per heavy atom. The van der Waals surface area contributed by atoms with E-state index in [2.05, 4.69) is 6.58 Å². The van der Waals surface area contributed by atoms with Crippen LogP contribution < -0.4 is 11.2 Å². The number of alkyl halides is 1. The van der Waals surface area contributed by atoms with Crippen molar-refractivity contribution in [1.82, 2.24) is 14.6 Å². The summed E-state index contributed by atoms with van der Waals surface area (Å²) in [5, 5.41) is 52.1. The Morgan fingerprint density at radius 2 is 2.07 bits per heavy atom. The minimum Gasteiger partial charge on any atom is -0.394 e. The number of aromatic amines is 1. The molecule has 5 atom stereocenters. The van der Waals surface area contributed by atoms with E-state index in [9.17, 15) is 39.6 Å². The highest BCUT2D eigenvalue weighted by atomic mass is 19.1. The van der Waals surface area contributed by atoms with Crippen molar-refractivity contribution in [3.05, 3.63) is 39.2 Å². The van der Waals surface area contributed by atoms with Crippen LogP contribution in [-0.4, -0.2) is 71.1 Å². The van der Waals surface area contributed by atoms with Crippen LogP contribution in [-0.2, 0) is 10.6 Å². The fourth-order valence-corrected chi connectivity index (χ4v) is 3.40. The van der Waals surface area contributed by atoms with Gasteiger partial charge in [-0.25, -0.2) is 13.8 Å². The maximum absolute atomic E-state index is 14.7. The molecule has 1 aliphatic rings. The van der Waals surface area contributed by atoms with Crippen LogP contribution in [0.25, 0.3) is 6.08 Å². The summed E-state index contributed by atoms with van der Waals surface area (Å²) in [4.78, 5) is 25.9. The predicted octanol–water partition coefficient (Wildman–Crippen LogP) is -0.820. The highest BCUT2D eigenvalue weighted by Gasteiger charge is 2.71. The van der Waals surface area contributed by atoms with Crippen LogP contribution in [0.2, 0.25) is 0 Å². The summed E-state index contributed by atoms with van der Waals surface area (Å²) in [6, 6.07) is 0. The maximum atomic E-state index is 14.7. The molecule has 170 valence electrons. The van der Waals surface area contributed by atoms with Crippen molar-refractivity contribution >= 4 is 6.08 Å². The van der Waals surface area contributed by atoms with Crippen LogP contribution in [0, 0.1) is 0 Å². The van der Waals surface area contributed by atoms with Crippen molar-refractivity contribution in [2.75, 3.05) is 6.61 Å². The molecule has 1 unspecified atom stereocenters. The lowest BCUT2D eigenvalue weighted by Crippen LogP contribution is -2.69. The molecule has 0 aromatic carbocycles. The van der Waals surface area contributed by atoms with Gasteiger partial charge in [0.1, 0.15) is 12.2 Å². The van der Waals surface area contributed by atoms with Gasteiger partial charge >= 0.3 is 11.6 Å². The zero-order valence-corrected chi connectivity index (χ0v) is 16.6. The van der Waals surface area contributed by atoms with E-state index in [0.717, 1.165) is 25.1 Å². The standard InChI is InChI=1S/C18H28FN3O8/c1-3-5-6-7-8-13(19)22(29)17(27)14(24)12(10-23)30-18(17,28)21-9-11(4-2)15(25)20-16(21)26/h4,9,12-14,23-24,27-29H,2-3,5-8,10H2,1H3,(H,20,25,26)/t12-,13?,14-,17-,18-/m1/s1. The quantitative estimate of drug-likeness (QED) is 0.119. The Morgan fingerprint density at radius 3 is 2.63 bits per heavy atom. The molecule has 2 heterocycles. The number of halogens is 1. The Hall–Kier alpha value is -1.93. The molecule has 1 aliphatic heterocycles. The zero-order chi connectivity index (χ0) is 22.7. The van der Waals surface area contributed by atoms with Crippen molar-refractivity contribution in [3.8, 4) is 0 Å². The second-order valence-corrected chi connectivity index (χ2v) is 7.16. The monoisotopic (exact) mass is 433 g/mol. The smallest absolute Gasteiger partial charge is 0.332 e. The van der Waals surface area contributed by atoms with Gasteiger partial charge in [0.05, 0.1) is 12.2 Å². The van der Waals surface area contributed by atoms with Crippen LogP contribution in [0.5, 0.6) is 0 Å². The Bertz CT molecular complexity index is 861. The van der Waals surface area contributed by atoms with Gasteiger partial charge in [0, 0.05) is 6.20 Å². The molecule has 12 heteroatoms. The minimum absolute atomic E-state index is 0.225. The molecule has 30 heavy (non-hydrogen) atoms. The summed E-state index contributed by atoms with van der Waals surface area (Å²) >= 11 is 0. The summed E-state index contributed by atoms with van der Waals surface area (Å²) in [7, 11) is 0. The number of unbranched alkanes of at least 4 members (excludes halogenated alkanes) is 3. The van der Waals surface area contributed by atoms with Crippen molar-refractivity contribution < 1.29 is 34.8 Å². The van der Waals surface area contributed by atoms with Crippen molar-refractivity contribution in [3.63, 3.8) is 0 Å². The molecule has 0 aliphatic carbocycles. The summed E-state index contributed by atoms with van der Waals surface area (Å²) in [5.74, 6) is -3.28. The van der Waals surface area contributed by atoms with Crippen molar-refractivity contribution in [2.45, 2.75) is 69.2 Å². The van der Waals surface area contributed by atoms with Gasteiger partial charge in [-0.15, -0.1) is 5.06 Å². The average molecular weight is 433 g/mol. The molecule has 1 saturated heterocycles. The fraction of sp³-hybridized carbons (Fsp3) is 0.667. The van der Waals surface area contributed by atoms with Crippen LogP contribution >= 0.6 is 0 Å². The van der Waals surface area contributed by atoms with Gasteiger partial charge < -0.3 is 30.4 Å². The maximum Gasteiger partial charge on any atom is 0.332 e. The molecule has 1 aromatic heterocycles. The number of aromatic nitrogens is 2. The second-order valence-electron chi connectivity index (χ2n) is 7.16. The number of rotatable bonds is 10. The van der Waals surface area contributed by atoms with E-state index >= 15 is 0 Å². The number of hydrogen-bond acceptors (Lipinski definition) is 9. The summed E-state index contributed by atoms with van der Waals surface area (Å²) < 4.78 is 20.1. The van der Waals surface area contributed by atoms with E-state index in [1.165, 1.54) is 0 Å². The molecule has 1 fully saturated rings. The molecule has 2 rings (SSSR count). The van der Waals surface area contributed by atoms with Gasteiger partial charge in [0.15, 0.2) is 6.30 Å². The summed E-state index contributed by atoms with van der Waals surface area (Å²) in [6.07, 6.45) is -1.98.